The molecule has 1 aromatic heterocycles. The summed E-state index contributed by atoms with van der Waals surface area (Å²) < 4.78 is 1.70. The van der Waals surface area contributed by atoms with Crippen molar-refractivity contribution in [3.8, 4) is 0 Å². The van der Waals surface area contributed by atoms with Gasteiger partial charge in [0, 0.05) is 21.6 Å². The first kappa shape index (κ1) is 15.7. The van der Waals surface area contributed by atoms with Crippen LogP contribution in [0.25, 0.3) is 22.6 Å². The van der Waals surface area contributed by atoms with Crippen molar-refractivity contribution in [1.82, 2.24) is 9.55 Å². The summed E-state index contributed by atoms with van der Waals surface area (Å²) in [5, 5.41) is 2.29. The van der Waals surface area contributed by atoms with Gasteiger partial charge in [-0.3, -0.25) is 9.36 Å². The lowest BCUT2D eigenvalue weighted by molar-refractivity contribution is 0.725. The molecule has 3 nitrogen and oxygen atoms in total. The lowest BCUT2D eigenvalue weighted by Gasteiger charge is -2.06. The molecule has 1 aliphatic rings. The van der Waals surface area contributed by atoms with Crippen molar-refractivity contribution < 1.29 is 0 Å². The number of fused-ring (bicyclic) bond motifs is 2. The number of aromatic nitrogens is 2. The SMILES string of the molecule is O=c1c2ccc(Cl)cc2nc2n1CC/C2=C\c1ccc(Cl)cc1Cl. The second-order valence-electron chi connectivity index (χ2n) is 5.64. The molecule has 3 aromatic rings. The van der Waals surface area contributed by atoms with E-state index in [9.17, 15) is 4.79 Å². The highest BCUT2D eigenvalue weighted by Crippen LogP contribution is 2.30. The van der Waals surface area contributed by atoms with Gasteiger partial charge in [0.25, 0.3) is 5.56 Å². The van der Waals surface area contributed by atoms with E-state index in [1.165, 1.54) is 0 Å². The number of hydrogen-bond acceptors (Lipinski definition) is 2. The normalized spacial score (nSPS) is 15.2. The summed E-state index contributed by atoms with van der Waals surface area (Å²) in [4.78, 5) is 17.3. The van der Waals surface area contributed by atoms with Gasteiger partial charge in [0.2, 0.25) is 0 Å². The Kier molecular flexibility index (Phi) is 3.87. The number of allylic oxidation sites excluding steroid dienone is 1. The molecular weight excluding hydrogens is 367 g/mol. The van der Waals surface area contributed by atoms with Crippen molar-refractivity contribution in [2.24, 2.45) is 0 Å². The molecule has 0 radical (unpaired) electrons. The van der Waals surface area contributed by atoms with Crippen LogP contribution in [0.2, 0.25) is 15.1 Å². The van der Waals surface area contributed by atoms with Crippen LogP contribution in [0.1, 0.15) is 17.8 Å². The van der Waals surface area contributed by atoms with Gasteiger partial charge in [-0.15, -0.1) is 0 Å². The summed E-state index contributed by atoms with van der Waals surface area (Å²) in [5.74, 6) is 0.667. The molecule has 0 unspecified atom stereocenters. The van der Waals surface area contributed by atoms with E-state index >= 15 is 0 Å². The molecule has 2 heterocycles. The van der Waals surface area contributed by atoms with Crippen molar-refractivity contribution in [2.45, 2.75) is 13.0 Å². The van der Waals surface area contributed by atoms with E-state index < -0.39 is 0 Å². The first-order valence-electron chi connectivity index (χ1n) is 7.39. The van der Waals surface area contributed by atoms with Gasteiger partial charge in [-0.05, 0) is 54.0 Å². The summed E-state index contributed by atoms with van der Waals surface area (Å²) in [7, 11) is 0. The van der Waals surface area contributed by atoms with Crippen molar-refractivity contribution in [3.05, 3.63) is 73.2 Å². The fourth-order valence-electron chi connectivity index (χ4n) is 2.93. The summed E-state index contributed by atoms with van der Waals surface area (Å²) >= 11 is 18.2. The second kappa shape index (κ2) is 5.92. The maximum Gasteiger partial charge on any atom is 0.261 e. The lowest BCUT2D eigenvalue weighted by atomic mass is 10.1. The van der Waals surface area contributed by atoms with E-state index in [1.54, 1.807) is 34.9 Å². The summed E-state index contributed by atoms with van der Waals surface area (Å²) in [5.41, 5.74) is 2.38. The van der Waals surface area contributed by atoms with Gasteiger partial charge < -0.3 is 0 Å². The minimum Gasteiger partial charge on any atom is -0.292 e. The van der Waals surface area contributed by atoms with E-state index in [0.29, 0.717) is 38.3 Å². The van der Waals surface area contributed by atoms with Gasteiger partial charge in [-0.1, -0.05) is 40.9 Å². The third kappa shape index (κ3) is 2.63. The van der Waals surface area contributed by atoms with Crippen molar-refractivity contribution >= 4 is 57.4 Å². The first-order valence-corrected chi connectivity index (χ1v) is 8.52. The van der Waals surface area contributed by atoms with Crippen molar-refractivity contribution in [2.75, 3.05) is 0 Å². The Hall–Kier alpha value is -1.81. The molecule has 120 valence electrons. The minimum atomic E-state index is -0.0442. The Balaban J connectivity index is 1.91. The third-order valence-electron chi connectivity index (χ3n) is 4.10. The molecule has 24 heavy (non-hydrogen) atoms. The zero-order valence-electron chi connectivity index (χ0n) is 12.4. The van der Waals surface area contributed by atoms with E-state index in [0.717, 1.165) is 17.6 Å². The molecule has 0 bridgehead atoms. The minimum absolute atomic E-state index is 0.0442. The van der Waals surface area contributed by atoms with Crippen LogP contribution in [0.5, 0.6) is 0 Å². The fraction of sp³-hybridized carbons (Fsp3) is 0.111. The average molecular weight is 378 g/mol. The van der Waals surface area contributed by atoms with Crippen LogP contribution in [0.3, 0.4) is 0 Å². The summed E-state index contributed by atoms with van der Waals surface area (Å²) in [6.45, 7) is 0.608. The van der Waals surface area contributed by atoms with Crippen LogP contribution in [0.4, 0.5) is 0 Å². The Bertz CT molecular complexity index is 1070. The maximum absolute atomic E-state index is 12.7. The van der Waals surface area contributed by atoms with Crippen LogP contribution in [0.15, 0.2) is 41.2 Å². The predicted molar refractivity (Wildman–Crippen MR) is 100.0 cm³/mol. The van der Waals surface area contributed by atoms with Crippen LogP contribution >= 0.6 is 34.8 Å². The average Bonchev–Trinajstić information content (AvgIpc) is 2.93. The van der Waals surface area contributed by atoms with Gasteiger partial charge >= 0.3 is 0 Å². The highest BCUT2D eigenvalue weighted by molar-refractivity contribution is 6.35. The fourth-order valence-corrected chi connectivity index (χ4v) is 3.56. The highest BCUT2D eigenvalue weighted by atomic mass is 35.5. The number of halogens is 3. The Labute approximate surface area is 153 Å². The van der Waals surface area contributed by atoms with Crippen LogP contribution in [-0.4, -0.2) is 9.55 Å². The smallest absolute Gasteiger partial charge is 0.261 e. The largest absolute Gasteiger partial charge is 0.292 e. The summed E-state index contributed by atoms with van der Waals surface area (Å²) in [6.07, 6.45) is 2.69. The molecule has 1 aliphatic heterocycles. The molecule has 0 saturated heterocycles. The molecule has 4 rings (SSSR count). The van der Waals surface area contributed by atoms with Gasteiger partial charge in [-0.25, -0.2) is 4.98 Å². The molecule has 0 atom stereocenters. The molecule has 2 aromatic carbocycles. The highest BCUT2D eigenvalue weighted by Gasteiger charge is 2.21. The quantitative estimate of drug-likeness (QED) is 0.576. The lowest BCUT2D eigenvalue weighted by Crippen LogP contribution is -2.20. The van der Waals surface area contributed by atoms with Gasteiger partial charge in [0.05, 0.1) is 10.9 Å². The van der Waals surface area contributed by atoms with Crippen LogP contribution in [0, 0.1) is 0 Å². The van der Waals surface area contributed by atoms with Crippen LogP contribution < -0.4 is 5.56 Å². The van der Waals surface area contributed by atoms with E-state index in [-0.39, 0.29) is 5.56 Å². The molecule has 0 spiro atoms. The molecular formula is C18H11Cl3N2O. The zero-order valence-corrected chi connectivity index (χ0v) is 14.7. The van der Waals surface area contributed by atoms with Gasteiger partial charge in [-0.2, -0.15) is 0 Å². The zero-order chi connectivity index (χ0) is 16.8. The second-order valence-corrected chi connectivity index (χ2v) is 6.92. The van der Waals surface area contributed by atoms with E-state index in [2.05, 4.69) is 4.98 Å². The van der Waals surface area contributed by atoms with Crippen molar-refractivity contribution in [3.63, 3.8) is 0 Å². The van der Waals surface area contributed by atoms with Crippen LogP contribution in [-0.2, 0) is 6.54 Å². The molecule has 6 heteroatoms. The van der Waals surface area contributed by atoms with Crippen molar-refractivity contribution in [1.29, 1.82) is 0 Å². The molecule has 0 saturated carbocycles. The van der Waals surface area contributed by atoms with Gasteiger partial charge in [0.1, 0.15) is 5.82 Å². The van der Waals surface area contributed by atoms with E-state index in [1.807, 2.05) is 12.1 Å². The maximum atomic E-state index is 12.7. The summed E-state index contributed by atoms with van der Waals surface area (Å²) in [6, 6.07) is 10.5. The third-order valence-corrected chi connectivity index (χ3v) is 4.90. The number of rotatable bonds is 1. The Morgan fingerprint density at radius 3 is 2.58 bits per heavy atom. The predicted octanol–water partition coefficient (Wildman–Crippen LogP) is 5.30. The number of nitrogens with zero attached hydrogens (tertiary/aromatic N) is 2. The monoisotopic (exact) mass is 376 g/mol. The first-order chi connectivity index (χ1) is 11.5. The Morgan fingerprint density at radius 2 is 1.79 bits per heavy atom. The number of hydrogen-bond donors (Lipinski definition) is 0. The molecule has 0 amide bonds. The Morgan fingerprint density at radius 1 is 1.04 bits per heavy atom. The number of benzene rings is 2. The van der Waals surface area contributed by atoms with E-state index in [4.69, 9.17) is 34.8 Å². The molecule has 0 aliphatic carbocycles. The van der Waals surface area contributed by atoms with Gasteiger partial charge in [0.15, 0.2) is 0 Å². The standard InChI is InChI=1S/C18H11Cl3N2O/c19-12-2-1-10(15(21)8-12)7-11-5-6-23-17(11)22-16-9-13(20)3-4-14(16)18(23)24/h1-4,7-9H,5-6H2/b11-7+. The molecule has 0 N–H and O–H groups in total. The molecule has 0 fully saturated rings. The topological polar surface area (TPSA) is 34.9 Å².